The van der Waals surface area contributed by atoms with Gasteiger partial charge in [0.15, 0.2) is 17.0 Å². The molecule has 2 aliphatic rings. The molecule has 1 amide bonds. The number of carbonyl (C=O) groups is 1. The molecule has 172 valence electrons. The highest BCUT2D eigenvalue weighted by molar-refractivity contribution is 6.03. The van der Waals surface area contributed by atoms with Gasteiger partial charge >= 0.3 is 0 Å². The molecule has 3 aromatic rings. The zero-order valence-electron chi connectivity index (χ0n) is 17.4. The zero-order chi connectivity index (χ0) is 23.7. The predicted octanol–water partition coefficient (Wildman–Crippen LogP) is 3.85. The van der Waals surface area contributed by atoms with E-state index >= 15 is 0 Å². The van der Waals surface area contributed by atoms with Crippen LogP contribution in [0.4, 0.5) is 17.6 Å². The normalized spacial score (nSPS) is 25.5. The lowest BCUT2D eigenvalue weighted by Crippen LogP contribution is -2.23. The summed E-state index contributed by atoms with van der Waals surface area (Å²) in [4.78, 5) is 31.5. The van der Waals surface area contributed by atoms with E-state index in [1.54, 1.807) is 0 Å². The number of nitrogens with one attached hydrogen (secondary N) is 1. The van der Waals surface area contributed by atoms with Crippen LogP contribution in [-0.4, -0.2) is 28.9 Å². The van der Waals surface area contributed by atoms with Crippen LogP contribution >= 0.6 is 0 Å². The fraction of sp³-hybridized carbons (Fsp3) is 0.348. The van der Waals surface area contributed by atoms with Crippen molar-refractivity contribution in [1.82, 2.24) is 9.97 Å². The number of hydrogen-bond donors (Lipinski definition) is 2. The summed E-state index contributed by atoms with van der Waals surface area (Å²) >= 11 is 0. The standard InChI is InChI=1S/C23H19F4N3O3/c1-33-21-9(2-3-14(24)19(21)25)10-6-12-13(23(12,26)27)7-11(10)16-8-17(31)18-15(30-16)4-5-29-20(18)22(28)32/h2-5,8,10-13H,6-7H2,1H3,(H2,28,32)(H,30,31)/t10-,11?,12+,13?/m0/s1. The number of nitrogens with two attached hydrogens (primary N) is 1. The van der Waals surface area contributed by atoms with Crippen molar-refractivity contribution in [2.75, 3.05) is 7.11 Å². The molecule has 0 saturated heterocycles. The number of rotatable bonds is 4. The number of methoxy groups -OCH3 is 1. The second kappa shape index (κ2) is 7.29. The number of nitrogens with zero attached hydrogens (tertiary/aromatic N) is 1. The van der Waals surface area contributed by atoms with Gasteiger partial charge in [-0.1, -0.05) is 6.07 Å². The highest BCUT2D eigenvalue weighted by Gasteiger charge is 2.70. The van der Waals surface area contributed by atoms with Crippen molar-refractivity contribution in [2.45, 2.75) is 30.6 Å². The first-order valence-electron chi connectivity index (χ1n) is 10.4. The molecule has 2 fully saturated rings. The van der Waals surface area contributed by atoms with Gasteiger partial charge in [-0.25, -0.2) is 13.2 Å². The molecule has 10 heteroatoms. The summed E-state index contributed by atoms with van der Waals surface area (Å²) < 4.78 is 62.1. The number of halogens is 4. The number of ether oxygens (including phenoxy) is 1. The smallest absolute Gasteiger partial charge is 0.268 e. The average molecular weight is 461 g/mol. The molecule has 1 aromatic carbocycles. The number of benzene rings is 1. The van der Waals surface area contributed by atoms with E-state index < -0.39 is 52.6 Å². The van der Waals surface area contributed by atoms with Crippen LogP contribution < -0.4 is 15.9 Å². The van der Waals surface area contributed by atoms with E-state index in [0.717, 1.165) is 6.07 Å². The molecule has 3 N–H and O–H groups in total. The Morgan fingerprint density at radius 1 is 1.18 bits per heavy atom. The number of primary amides is 1. The van der Waals surface area contributed by atoms with Crippen LogP contribution in [0.25, 0.3) is 10.9 Å². The topological polar surface area (TPSA) is 98.1 Å². The number of aromatic nitrogens is 2. The molecule has 2 aliphatic carbocycles. The van der Waals surface area contributed by atoms with Crippen molar-refractivity contribution in [3.8, 4) is 5.75 Å². The molecule has 2 saturated carbocycles. The van der Waals surface area contributed by atoms with Crippen molar-refractivity contribution < 1.29 is 27.1 Å². The zero-order valence-corrected chi connectivity index (χ0v) is 17.4. The molecular formula is C23H19F4N3O3. The predicted molar refractivity (Wildman–Crippen MR) is 110 cm³/mol. The number of alkyl halides is 2. The summed E-state index contributed by atoms with van der Waals surface area (Å²) in [5.74, 6) is -9.40. The van der Waals surface area contributed by atoms with Gasteiger partial charge in [0.05, 0.1) is 18.0 Å². The Labute approximate surface area is 184 Å². The van der Waals surface area contributed by atoms with E-state index in [1.807, 2.05) is 0 Å². The lowest BCUT2D eigenvalue weighted by Gasteiger charge is -2.32. The largest absolute Gasteiger partial charge is 0.493 e. The van der Waals surface area contributed by atoms with Gasteiger partial charge < -0.3 is 15.5 Å². The molecular weight excluding hydrogens is 442 g/mol. The second-order valence-electron chi connectivity index (χ2n) is 8.59. The minimum atomic E-state index is -2.86. The lowest BCUT2D eigenvalue weighted by atomic mass is 9.73. The first kappa shape index (κ1) is 21.4. The number of carbonyl (C=O) groups excluding carboxylic acids is 1. The molecule has 0 aliphatic heterocycles. The SMILES string of the molecule is COc1c([C@@H]2C[C@@H]3C(CC2c2cc(=O)c4c(C(N)=O)nccc4[nH]2)C3(F)F)ccc(F)c1F. The third-order valence-corrected chi connectivity index (χ3v) is 6.95. The van der Waals surface area contributed by atoms with E-state index in [4.69, 9.17) is 10.5 Å². The van der Waals surface area contributed by atoms with Crippen LogP contribution in [-0.2, 0) is 0 Å². The van der Waals surface area contributed by atoms with Crippen LogP contribution in [0, 0.1) is 23.5 Å². The molecule has 0 radical (unpaired) electrons. The minimum absolute atomic E-state index is 0.00106. The summed E-state index contributed by atoms with van der Waals surface area (Å²) in [6.45, 7) is 0. The van der Waals surface area contributed by atoms with E-state index in [0.29, 0.717) is 5.69 Å². The number of hydrogen-bond acceptors (Lipinski definition) is 4. The van der Waals surface area contributed by atoms with Crippen molar-refractivity contribution in [3.05, 3.63) is 69.3 Å². The van der Waals surface area contributed by atoms with Gasteiger partial charge in [-0.3, -0.25) is 14.6 Å². The molecule has 5 rings (SSSR count). The van der Waals surface area contributed by atoms with E-state index in [9.17, 15) is 27.2 Å². The Morgan fingerprint density at radius 2 is 1.88 bits per heavy atom. The third-order valence-electron chi connectivity index (χ3n) is 6.95. The molecule has 4 atom stereocenters. The molecule has 33 heavy (non-hydrogen) atoms. The maximum absolute atomic E-state index is 14.4. The Morgan fingerprint density at radius 3 is 2.55 bits per heavy atom. The molecule has 0 spiro atoms. The highest BCUT2D eigenvalue weighted by atomic mass is 19.3. The molecule has 0 bridgehead atoms. The van der Waals surface area contributed by atoms with Crippen LogP contribution in [0.3, 0.4) is 0 Å². The Kier molecular flexibility index (Phi) is 4.73. The summed E-state index contributed by atoms with van der Waals surface area (Å²) in [6, 6.07) is 5.00. The van der Waals surface area contributed by atoms with Gasteiger partial charge in [0.2, 0.25) is 5.82 Å². The second-order valence-corrected chi connectivity index (χ2v) is 8.59. The average Bonchev–Trinajstić information content (AvgIpc) is 3.33. The highest BCUT2D eigenvalue weighted by Crippen LogP contribution is 2.68. The monoisotopic (exact) mass is 461 g/mol. The van der Waals surface area contributed by atoms with Crippen molar-refractivity contribution in [3.63, 3.8) is 0 Å². The van der Waals surface area contributed by atoms with Crippen LogP contribution in [0.2, 0.25) is 0 Å². The van der Waals surface area contributed by atoms with Crippen molar-refractivity contribution in [1.29, 1.82) is 0 Å². The van der Waals surface area contributed by atoms with Crippen molar-refractivity contribution in [2.24, 2.45) is 17.6 Å². The molecule has 2 aromatic heterocycles. The Balaban J connectivity index is 1.67. The lowest BCUT2D eigenvalue weighted by molar-refractivity contribution is 0.0845. The van der Waals surface area contributed by atoms with Gasteiger partial charge in [-0.05, 0) is 30.9 Å². The number of pyridine rings is 2. The maximum atomic E-state index is 14.4. The van der Waals surface area contributed by atoms with Gasteiger partial charge in [0.1, 0.15) is 5.69 Å². The summed E-state index contributed by atoms with van der Waals surface area (Å²) in [5, 5.41) is 0.00106. The fourth-order valence-corrected chi connectivity index (χ4v) is 5.32. The number of fused-ring (bicyclic) bond motifs is 2. The van der Waals surface area contributed by atoms with Gasteiger partial charge in [-0.2, -0.15) is 4.39 Å². The van der Waals surface area contributed by atoms with Crippen LogP contribution in [0.1, 0.15) is 46.4 Å². The minimum Gasteiger partial charge on any atom is -0.493 e. The number of H-pyrrole nitrogens is 1. The Hall–Kier alpha value is -3.43. The number of amides is 1. The van der Waals surface area contributed by atoms with E-state index in [2.05, 4.69) is 9.97 Å². The number of aromatic amines is 1. The van der Waals surface area contributed by atoms with Gasteiger partial charge in [0.25, 0.3) is 11.8 Å². The summed E-state index contributed by atoms with van der Waals surface area (Å²) in [7, 11) is 1.18. The molecule has 2 unspecified atom stereocenters. The van der Waals surface area contributed by atoms with Crippen molar-refractivity contribution >= 4 is 16.8 Å². The fourth-order valence-electron chi connectivity index (χ4n) is 5.32. The first-order valence-corrected chi connectivity index (χ1v) is 10.4. The van der Waals surface area contributed by atoms with Crippen LogP contribution in [0.15, 0.2) is 35.3 Å². The summed E-state index contributed by atoms with van der Waals surface area (Å²) in [5.41, 5.74) is 5.48. The molecule has 6 nitrogen and oxygen atoms in total. The maximum Gasteiger partial charge on any atom is 0.268 e. The third kappa shape index (κ3) is 3.19. The van der Waals surface area contributed by atoms with Gasteiger partial charge in [-0.15, -0.1) is 0 Å². The Bertz CT molecular complexity index is 1360. The van der Waals surface area contributed by atoms with E-state index in [-0.39, 0.29) is 40.8 Å². The van der Waals surface area contributed by atoms with Gasteiger partial charge in [0, 0.05) is 41.3 Å². The van der Waals surface area contributed by atoms with Crippen LogP contribution in [0.5, 0.6) is 5.75 Å². The quantitative estimate of drug-likeness (QED) is 0.577. The molecule has 2 heterocycles. The summed E-state index contributed by atoms with van der Waals surface area (Å²) in [6.07, 6.45) is 1.37. The van der Waals surface area contributed by atoms with E-state index in [1.165, 1.54) is 31.5 Å². The first-order chi connectivity index (χ1) is 15.6.